The second kappa shape index (κ2) is 18.9. The number of nitrogens with zero attached hydrogens (tertiary/aromatic N) is 1. The average molecular weight is 492 g/mol. The van der Waals surface area contributed by atoms with E-state index < -0.39 is 11.7 Å². The van der Waals surface area contributed by atoms with Crippen LogP contribution in [0.1, 0.15) is 98.8 Å². The molecule has 0 aromatic carbocycles. The molecule has 0 aromatic heterocycles. The molecule has 3 atom stereocenters. The number of amides is 1. The third-order valence-electron chi connectivity index (χ3n) is 6.04. The Bertz CT molecular complexity index is 477. The van der Waals surface area contributed by atoms with Crippen molar-refractivity contribution in [2.24, 2.45) is 5.92 Å². The molecule has 1 aliphatic rings. The molecule has 1 aliphatic heterocycles. The minimum absolute atomic E-state index is 0.109. The summed E-state index contributed by atoms with van der Waals surface area (Å²) >= 11 is 6.18. The minimum Gasteiger partial charge on any atom is -0.352 e. The lowest BCUT2D eigenvalue weighted by Gasteiger charge is -2.34. The molecule has 7 heteroatoms. The van der Waals surface area contributed by atoms with Gasteiger partial charge in [-0.2, -0.15) is 0 Å². The Kier molecular flexibility index (Phi) is 17.5. The van der Waals surface area contributed by atoms with Gasteiger partial charge in [0, 0.05) is 26.2 Å². The van der Waals surface area contributed by atoms with Crippen molar-refractivity contribution in [2.75, 3.05) is 32.9 Å². The molecule has 0 bridgehead atoms. The fourth-order valence-electron chi connectivity index (χ4n) is 3.88. The zero-order valence-corrected chi connectivity index (χ0v) is 22.6. The van der Waals surface area contributed by atoms with E-state index in [1.54, 1.807) is 11.8 Å². The Morgan fingerprint density at radius 1 is 1.00 bits per heavy atom. The summed E-state index contributed by atoms with van der Waals surface area (Å²) in [5, 5.41) is -0.601. The summed E-state index contributed by atoms with van der Waals surface area (Å²) in [4.78, 5) is 14.6. The molecule has 1 rings (SSSR count). The van der Waals surface area contributed by atoms with E-state index in [2.05, 4.69) is 27.7 Å². The van der Waals surface area contributed by atoms with Crippen molar-refractivity contribution in [3.63, 3.8) is 0 Å². The molecule has 3 unspecified atom stereocenters. The monoisotopic (exact) mass is 491 g/mol. The van der Waals surface area contributed by atoms with Crippen molar-refractivity contribution < 1.29 is 23.7 Å². The summed E-state index contributed by atoms with van der Waals surface area (Å²) in [6.07, 6.45) is 10.1. The van der Waals surface area contributed by atoms with Crippen LogP contribution >= 0.6 is 11.6 Å². The maximum absolute atomic E-state index is 12.9. The normalized spacial score (nSPS) is 19.9. The largest absolute Gasteiger partial charge is 0.352 e. The molecule has 0 radical (unpaired) electrons. The highest BCUT2D eigenvalue weighted by Crippen LogP contribution is 2.21. The molecule has 0 spiro atoms. The number of carbonyl (C=O) groups excluding carboxylic acids is 1. The van der Waals surface area contributed by atoms with Crippen molar-refractivity contribution in [3.05, 3.63) is 0 Å². The average Bonchev–Trinajstić information content (AvgIpc) is 2.80. The van der Waals surface area contributed by atoms with Crippen molar-refractivity contribution >= 4 is 17.5 Å². The third kappa shape index (κ3) is 13.9. The summed E-state index contributed by atoms with van der Waals surface area (Å²) in [7, 11) is 0. The van der Waals surface area contributed by atoms with Gasteiger partial charge in [-0.05, 0) is 32.1 Å². The van der Waals surface area contributed by atoms with Gasteiger partial charge >= 0.3 is 0 Å². The fraction of sp³-hybridized carbons (Fsp3) is 0.962. The summed E-state index contributed by atoms with van der Waals surface area (Å²) in [6.45, 7) is 13.3. The van der Waals surface area contributed by atoms with Crippen LogP contribution < -0.4 is 0 Å². The quantitative estimate of drug-likeness (QED) is 0.123. The van der Waals surface area contributed by atoms with Crippen molar-refractivity contribution in [2.45, 2.75) is 123 Å². The molecular weight excluding hydrogens is 442 g/mol. The topological polar surface area (TPSA) is 57.2 Å². The first-order valence-corrected chi connectivity index (χ1v) is 13.8. The lowest BCUT2D eigenvalue weighted by atomic mass is 10.0. The molecule has 1 amide bonds. The highest BCUT2D eigenvalue weighted by Gasteiger charge is 2.28. The Morgan fingerprint density at radius 2 is 1.61 bits per heavy atom. The lowest BCUT2D eigenvalue weighted by molar-refractivity contribution is -0.226. The standard InChI is InChI=1S/C26H50ClNO5/c1-6-8-10-12-17-30-25(31-18-13-11-9-7-2)20-28(26(29)22(5)27)16-14-24-32-19-15-23(33-24)21(3)4/h21-25H,6-20H2,1-5H3. The third-order valence-corrected chi connectivity index (χ3v) is 6.22. The highest BCUT2D eigenvalue weighted by atomic mass is 35.5. The number of halogens is 1. The molecule has 1 heterocycles. The van der Waals surface area contributed by atoms with E-state index in [4.69, 9.17) is 30.5 Å². The predicted octanol–water partition coefficient (Wildman–Crippen LogP) is 6.14. The zero-order valence-electron chi connectivity index (χ0n) is 21.9. The van der Waals surface area contributed by atoms with Gasteiger partial charge in [0.25, 0.3) is 0 Å². The second-order valence-corrected chi connectivity index (χ2v) is 10.1. The summed E-state index contributed by atoms with van der Waals surface area (Å²) in [5.74, 6) is 0.339. The molecule has 33 heavy (non-hydrogen) atoms. The number of rotatable bonds is 19. The van der Waals surface area contributed by atoms with Crippen LogP contribution in [0.25, 0.3) is 0 Å². The molecule has 1 saturated heterocycles. The molecule has 0 aromatic rings. The van der Waals surface area contributed by atoms with Crippen molar-refractivity contribution in [1.82, 2.24) is 4.90 Å². The fourth-order valence-corrected chi connectivity index (χ4v) is 4.02. The molecular formula is C26H50ClNO5. The van der Waals surface area contributed by atoms with Gasteiger partial charge in [0.05, 0.1) is 19.3 Å². The number of hydrogen-bond acceptors (Lipinski definition) is 5. The number of hydrogen-bond donors (Lipinski definition) is 0. The van der Waals surface area contributed by atoms with Crippen LogP contribution in [0.15, 0.2) is 0 Å². The van der Waals surface area contributed by atoms with Gasteiger partial charge in [0.1, 0.15) is 5.38 Å². The summed E-state index contributed by atoms with van der Waals surface area (Å²) in [5.41, 5.74) is 0. The van der Waals surface area contributed by atoms with Gasteiger partial charge < -0.3 is 23.8 Å². The summed E-state index contributed by atoms with van der Waals surface area (Å²) in [6, 6.07) is 0. The Labute approximate surface area is 208 Å². The first-order chi connectivity index (χ1) is 15.9. The second-order valence-electron chi connectivity index (χ2n) is 9.49. The predicted molar refractivity (Wildman–Crippen MR) is 135 cm³/mol. The molecule has 1 fully saturated rings. The summed E-state index contributed by atoms with van der Waals surface area (Å²) < 4.78 is 24.0. The first-order valence-electron chi connectivity index (χ1n) is 13.3. The van der Waals surface area contributed by atoms with E-state index in [1.807, 2.05) is 0 Å². The Balaban J connectivity index is 2.66. The van der Waals surface area contributed by atoms with Crippen LogP contribution in [0.3, 0.4) is 0 Å². The van der Waals surface area contributed by atoms with E-state index >= 15 is 0 Å². The molecule has 0 saturated carbocycles. The number of unbranched alkanes of at least 4 members (excludes halogenated alkanes) is 6. The van der Waals surface area contributed by atoms with Crippen LogP contribution in [0, 0.1) is 5.92 Å². The highest BCUT2D eigenvalue weighted by molar-refractivity contribution is 6.30. The zero-order chi connectivity index (χ0) is 24.5. The van der Waals surface area contributed by atoms with Gasteiger partial charge in [-0.15, -0.1) is 11.6 Å². The van der Waals surface area contributed by atoms with Gasteiger partial charge in [-0.3, -0.25) is 4.79 Å². The lowest BCUT2D eigenvalue weighted by Crippen LogP contribution is -2.45. The Hall–Kier alpha value is -0.400. The molecule has 6 nitrogen and oxygen atoms in total. The van der Waals surface area contributed by atoms with Crippen LogP contribution in [0.4, 0.5) is 0 Å². The van der Waals surface area contributed by atoms with Crippen LogP contribution in [-0.4, -0.2) is 67.8 Å². The SMILES string of the molecule is CCCCCCOC(CN(CCC1OCCC(C(C)C)O1)C(=O)C(C)Cl)OCCCCCC. The minimum atomic E-state index is -0.601. The maximum atomic E-state index is 12.9. The van der Waals surface area contributed by atoms with Crippen LogP contribution in [0.5, 0.6) is 0 Å². The maximum Gasteiger partial charge on any atom is 0.240 e. The number of alkyl halides is 1. The number of carbonyl (C=O) groups is 1. The first kappa shape index (κ1) is 30.6. The van der Waals surface area contributed by atoms with Crippen molar-refractivity contribution in [3.8, 4) is 0 Å². The van der Waals surface area contributed by atoms with E-state index in [0.717, 1.165) is 32.1 Å². The Morgan fingerprint density at radius 3 is 2.12 bits per heavy atom. The van der Waals surface area contributed by atoms with Gasteiger partial charge in [-0.25, -0.2) is 0 Å². The van der Waals surface area contributed by atoms with Crippen LogP contribution in [0.2, 0.25) is 0 Å². The molecule has 0 N–H and O–H groups in total. The van der Waals surface area contributed by atoms with Gasteiger partial charge in [0.2, 0.25) is 5.91 Å². The van der Waals surface area contributed by atoms with Gasteiger partial charge in [-0.1, -0.05) is 66.2 Å². The van der Waals surface area contributed by atoms with Crippen LogP contribution in [-0.2, 0) is 23.7 Å². The smallest absolute Gasteiger partial charge is 0.240 e. The molecule has 196 valence electrons. The van der Waals surface area contributed by atoms with E-state index in [9.17, 15) is 4.79 Å². The van der Waals surface area contributed by atoms with E-state index in [1.165, 1.54) is 25.7 Å². The van der Waals surface area contributed by atoms with E-state index in [0.29, 0.717) is 45.2 Å². The van der Waals surface area contributed by atoms with E-state index in [-0.39, 0.29) is 18.3 Å². The van der Waals surface area contributed by atoms with Crippen molar-refractivity contribution in [1.29, 1.82) is 0 Å². The molecule has 0 aliphatic carbocycles. The number of ether oxygens (including phenoxy) is 4. The van der Waals surface area contributed by atoms with Gasteiger partial charge in [0.15, 0.2) is 12.6 Å².